The number of hydrogen-bond donors (Lipinski definition) is 3. The summed E-state index contributed by atoms with van der Waals surface area (Å²) in [6.45, 7) is 0.235. The fourth-order valence-corrected chi connectivity index (χ4v) is 0.725. The van der Waals surface area contributed by atoms with Gasteiger partial charge in [0.05, 0.1) is 12.2 Å². The van der Waals surface area contributed by atoms with Crippen LogP contribution in [0.3, 0.4) is 0 Å². The smallest absolute Gasteiger partial charge is 0.312 e. The van der Waals surface area contributed by atoms with E-state index in [1.807, 2.05) is 0 Å². The molecule has 0 unspecified atom stereocenters. The Hall–Kier alpha value is -1.65. The second kappa shape index (κ2) is 2.96. The maximum absolute atomic E-state index is 10.2. The number of carbonyl (C=O) groups is 1. The number of nitrogens with two attached hydrogens (primary N) is 1. The summed E-state index contributed by atoms with van der Waals surface area (Å²) in [6.07, 6.45) is 1.47. The van der Waals surface area contributed by atoms with E-state index in [-0.39, 0.29) is 6.54 Å². The van der Waals surface area contributed by atoms with Crippen molar-refractivity contribution < 1.29 is 10.0 Å². The van der Waals surface area contributed by atoms with Gasteiger partial charge in [0, 0.05) is 6.20 Å². The van der Waals surface area contributed by atoms with Crippen molar-refractivity contribution in [1.82, 2.24) is 10.0 Å². The van der Waals surface area contributed by atoms with Gasteiger partial charge in [0.2, 0.25) is 0 Å². The van der Waals surface area contributed by atoms with Gasteiger partial charge in [0.25, 0.3) is 0 Å². The lowest BCUT2D eigenvalue weighted by Gasteiger charge is -2.01. The van der Waals surface area contributed by atoms with Crippen LogP contribution in [-0.4, -0.2) is 16.0 Å². The molecular formula is C6H9N3O2. The van der Waals surface area contributed by atoms with E-state index in [0.717, 1.165) is 4.73 Å². The first-order chi connectivity index (χ1) is 5.20. The van der Waals surface area contributed by atoms with Crippen LogP contribution in [0.5, 0.6) is 0 Å². The fourth-order valence-electron chi connectivity index (χ4n) is 0.725. The van der Waals surface area contributed by atoms with Crippen molar-refractivity contribution in [3.8, 4) is 0 Å². The van der Waals surface area contributed by atoms with Gasteiger partial charge in [-0.3, -0.25) is 0 Å². The van der Waals surface area contributed by atoms with Crippen LogP contribution in [-0.2, 0) is 6.54 Å². The van der Waals surface area contributed by atoms with Gasteiger partial charge in [0.1, 0.15) is 0 Å². The molecule has 1 heterocycles. The topological polar surface area (TPSA) is 80.3 Å². The molecule has 0 saturated heterocycles. The van der Waals surface area contributed by atoms with Gasteiger partial charge < -0.3 is 16.3 Å². The predicted octanol–water partition coefficient (Wildman–Crippen LogP) is -0.106. The van der Waals surface area contributed by atoms with Crippen LogP contribution in [0.4, 0.5) is 4.79 Å². The Morgan fingerprint density at radius 1 is 1.82 bits per heavy atom. The SMILES string of the molecule is NC(=O)NCc1cccn1O. The quantitative estimate of drug-likeness (QED) is 0.521. The van der Waals surface area contributed by atoms with Gasteiger partial charge in [-0.1, -0.05) is 0 Å². The van der Waals surface area contributed by atoms with Crippen molar-refractivity contribution in [3.63, 3.8) is 0 Å². The Labute approximate surface area is 63.4 Å². The number of urea groups is 1. The molecule has 0 bridgehead atoms. The lowest BCUT2D eigenvalue weighted by atomic mass is 10.4. The third-order valence-corrected chi connectivity index (χ3v) is 1.25. The number of nitrogens with zero attached hydrogens (tertiary/aromatic N) is 1. The molecule has 0 radical (unpaired) electrons. The molecule has 4 N–H and O–H groups in total. The maximum Gasteiger partial charge on any atom is 0.312 e. The average Bonchev–Trinajstić information content (AvgIpc) is 2.31. The molecule has 0 saturated carbocycles. The van der Waals surface area contributed by atoms with Crippen LogP contribution in [0, 0.1) is 0 Å². The predicted molar refractivity (Wildman–Crippen MR) is 38.0 cm³/mol. The minimum Gasteiger partial charge on any atom is -0.429 e. The Morgan fingerprint density at radius 3 is 3.00 bits per heavy atom. The van der Waals surface area contributed by atoms with Crippen molar-refractivity contribution in [3.05, 3.63) is 24.0 Å². The first-order valence-electron chi connectivity index (χ1n) is 3.09. The molecule has 1 aromatic rings. The second-order valence-electron chi connectivity index (χ2n) is 2.06. The molecule has 11 heavy (non-hydrogen) atoms. The van der Waals surface area contributed by atoms with Crippen LogP contribution < -0.4 is 11.1 Å². The lowest BCUT2D eigenvalue weighted by molar-refractivity contribution is 0.177. The Morgan fingerprint density at radius 2 is 2.55 bits per heavy atom. The molecule has 5 heteroatoms. The minimum absolute atomic E-state index is 0.235. The highest BCUT2D eigenvalue weighted by atomic mass is 16.5. The van der Waals surface area contributed by atoms with Crippen LogP contribution >= 0.6 is 0 Å². The van der Waals surface area contributed by atoms with Crippen LogP contribution in [0.15, 0.2) is 18.3 Å². The number of aromatic nitrogens is 1. The fraction of sp³-hybridized carbons (Fsp3) is 0.167. The maximum atomic E-state index is 10.2. The van der Waals surface area contributed by atoms with Crippen molar-refractivity contribution in [2.75, 3.05) is 0 Å². The van der Waals surface area contributed by atoms with Crippen LogP contribution in [0.25, 0.3) is 0 Å². The molecular weight excluding hydrogens is 146 g/mol. The summed E-state index contributed by atoms with van der Waals surface area (Å²) in [4.78, 5) is 10.2. The molecule has 2 amide bonds. The first-order valence-corrected chi connectivity index (χ1v) is 3.09. The van der Waals surface area contributed by atoms with E-state index >= 15 is 0 Å². The van der Waals surface area contributed by atoms with E-state index in [4.69, 9.17) is 10.9 Å². The zero-order valence-electron chi connectivity index (χ0n) is 5.82. The molecule has 0 aliphatic rings. The Bertz CT molecular complexity index is 256. The number of carbonyl (C=O) groups excluding carboxylic acids is 1. The number of primary amides is 1. The van der Waals surface area contributed by atoms with E-state index in [1.165, 1.54) is 6.20 Å². The van der Waals surface area contributed by atoms with E-state index in [0.29, 0.717) is 5.69 Å². The number of rotatable bonds is 2. The molecule has 1 rings (SSSR count). The summed E-state index contributed by atoms with van der Waals surface area (Å²) in [7, 11) is 0. The van der Waals surface area contributed by atoms with E-state index in [2.05, 4.69) is 5.32 Å². The molecule has 0 aliphatic carbocycles. The van der Waals surface area contributed by atoms with Gasteiger partial charge in [-0.2, -0.15) is 4.73 Å². The molecule has 0 spiro atoms. The summed E-state index contributed by atoms with van der Waals surface area (Å²) < 4.78 is 0.927. The zero-order valence-corrected chi connectivity index (χ0v) is 5.82. The molecule has 1 aromatic heterocycles. The molecule has 0 aliphatic heterocycles. The first kappa shape index (κ1) is 7.46. The zero-order chi connectivity index (χ0) is 8.27. The summed E-state index contributed by atoms with van der Waals surface area (Å²) in [5.74, 6) is 0. The normalized spacial score (nSPS) is 9.45. The highest BCUT2D eigenvalue weighted by Crippen LogP contribution is 1.96. The lowest BCUT2D eigenvalue weighted by Crippen LogP contribution is -2.29. The third-order valence-electron chi connectivity index (χ3n) is 1.25. The number of nitrogens with one attached hydrogen (secondary N) is 1. The van der Waals surface area contributed by atoms with E-state index in [1.54, 1.807) is 12.1 Å². The second-order valence-corrected chi connectivity index (χ2v) is 2.06. The highest BCUT2D eigenvalue weighted by molar-refractivity contribution is 5.71. The molecule has 5 nitrogen and oxygen atoms in total. The van der Waals surface area contributed by atoms with E-state index < -0.39 is 6.03 Å². The van der Waals surface area contributed by atoms with Crippen molar-refractivity contribution >= 4 is 6.03 Å². The molecule has 0 atom stereocenters. The van der Waals surface area contributed by atoms with Crippen molar-refractivity contribution in [1.29, 1.82) is 0 Å². The average molecular weight is 155 g/mol. The highest BCUT2D eigenvalue weighted by Gasteiger charge is 1.98. The summed E-state index contributed by atoms with van der Waals surface area (Å²) in [5, 5.41) is 11.3. The van der Waals surface area contributed by atoms with Gasteiger partial charge in [-0.05, 0) is 12.1 Å². The van der Waals surface area contributed by atoms with Gasteiger partial charge in [0.15, 0.2) is 0 Å². The van der Waals surface area contributed by atoms with Crippen molar-refractivity contribution in [2.45, 2.75) is 6.54 Å². The monoisotopic (exact) mass is 155 g/mol. The minimum atomic E-state index is -0.605. The summed E-state index contributed by atoms with van der Waals surface area (Å²) in [6, 6.07) is 2.74. The van der Waals surface area contributed by atoms with Crippen molar-refractivity contribution in [2.24, 2.45) is 5.73 Å². The standard InChI is InChI=1S/C6H9N3O2/c7-6(10)8-4-5-2-1-3-9(5)11/h1-3,11H,4H2,(H3,7,8,10). The Balaban J connectivity index is 2.51. The summed E-state index contributed by atoms with van der Waals surface area (Å²) in [5.41, 5.74) is 5.41. The van der Waals surface area contributed by atoms with Gasteiger partial charge in [-0.15, -0.1) is 0 Å². The van der Waals surface area contributed by atoms with Crippen LogP contribution in [0.2, 0.25) is 0 Å². The van der Waals surface area contributed by atoms with Gasteiger partial charge in [-0.25, -0.2) is 4.79 Å². The molecule has 0 fully saturated rings. The summed E-state index contributed by atoms with van der Waals surface area (Å²) >= 11 is 0. The number of amides is 2. The largest absolute Gasteiger partial charge is 0.429 e. The Kier molecular flexibility index (Phi) is 2.00. The van der Waals surface area contributed by atoms with E-state index in [9.17, 15) is 4.79 Å². The van der Waals surface area contributed by atoms with Gasteiger partial charge >= 0.3 is 6.03 Å². The molecule has 0 aromatic carbocycles. The number of hydrogen-bond acceptors (Lipinski definition) is 2. The third kappa shape index (κ3) is 1.89. The van der Waals surface area contributed by atoms with Crippen LogP contribution in [0.1, 0.15) is 5.69 Å². The molecule has 60 valence electrons.